The van der Waals surface area contributed by atoms with Gasteiger partial charge in [-0.15, -0.1) is 0 Å². The minimum absolute atomic E-state index is 0.0140. The van der Waals surface area contributed by atoms with Crippen molar-refractivity contribution >= 4 is 0 Å². The van der Waals surface area contributed by atoms with Gasteiger partial charge in [0.1, 0.15) is 0 Å². The highest BCUT2D eigenvalue weighted by molar-refractivity contribution is 4.92. The molecule has 0 radical (unpaired) electrons. The SMILES string of the molecule is CC1(O)CCNCC1OC(C(F)(F)F)C(F)(F)F. The number of piperidine rings is 1. The third-order valence-electron chi connectivity index (χ3n) is 2.73. The average molecular weight is 281 g/mol. The molecule has 3 nitrogen and oxygen atoms in total. The fraction of sp³-hybridized carbons (Fsp3) is 1.00. The summed E-state index contributed by atoms with van der Waals surface area (Å²) in [5.41, 5.74) is -1.72. The maximum absolute atomic E-state index is 12.3. The average Bonchev–Trinajstić information content (AvgIpc) is 2.11. The third kappa shape index (κ3) is 3.72. The van der Waals surface area contributed by atoms with Crippen molar-refractivity contribution in [2.24, 2.45) is 0 Å². The van der Waals surface area contributed by atoms with Gasteiger partial charge >= 0.3 is 12.4 Å². The Labute approximate surface area is 99.1 Å². The molecule has 0 spiro atoms. The van der Waals surface area contributed by atoms with Gasteiger partial charge in [0.2, 0.25) is 6.10 Å². The van der Waals surface area contributed by atoms with Crippen molar-refractivity contribution < 1.29 is 36.2 Å². The summed E-state index contributed by atoms with van der Waals surface area (Å²) in [6, 6.07) is 0. The van der Waals surface area contributed by atoms with Crippen LogP contribution in [0, 0.1) is 0 Å². The minimum atomic E-state index is -5.56. The van der Waals surface area contributed by atoms with Crippen LogP contribution in [0.25, 0.3) is 0 Å². The van der Waals surface area contributed by atoms with Crippen LogP contribution in [0.3, 0.4) is 0 Å². The van der Waals surface area contributed by atoms with E-state index in [-0.39, 0.29) is 13.0 Å². The summed E-state index contributed by atoms with van der Waals surface area (Å²) in [5, 5.41) is 12.3. The van der Waals surface area contributed by atoms with Gasteiger partial charge in [0.15, 0.2) is 0 Å². The summed E-state index contributed by atoms with van der Waals surface area (Å²) in [4.78, 5) is 0. The second-order valence-electron chi connectivity index (χ2n) is 4.40. The van der Waals surface area contributed by atoms with Crippen molar-refractivity contribution in [3.05, 3.63) is 0 Å². The summed E-state index contributed by atoms with van der Waals surface area (Å²) in [7, 11) is 0. The monoisotopic (exact) mass is 281 g/mol. The summed E-state index contributed by atoms with van der Waals surface area (Å²) in [5.74, 6) is 0. The van der Waals surface area contributed by atoms with Gasteiger partial charge in [-0.25, -0.2) is 0 Å². The van der Waals surface area contributed by atoms with Gasteiger partial charge in [-0.05, 0) is 19.9 Å². The molecule has 0 bridgehead atoms. The minimum Gasteiger partial charge on any atom is -0.387 e. The normalized spacial score (nSPS) is 30.8. The van der Waals surface area contributed by atoms with Gasteiger partial charge < -0.3 is 15.2 Å². The molecule has 0 aromatic heterocycles. The Morgan fingerprint density at radius 2 is 1.72 bits per heavy atom. The molecule has 1 aliphatic heterocycles. The topological polar surface area (TPSA) is 41.5 Å². The molecule has 2 atom stereocenters. The van der Waals surface area contributed by atoms with Crippen LogP contribution in [0.2, 0.25) is 0 Å². The van der Waals surface area contributed by atoms with Crippen molar-refractivity contribution in [1.29, 1.82) is 0 Å². The molecule has 2 N–H and O–H groups in total. The van der Waals surface area contributed by atoms with E-state index in [9.17, 15) is 31.4 Å². The van der Waals surface area contributed by atoms with Crippen LogP contribution in [0.1, 0.15) is 13.3 Å². The van der Waals surface area contributed by atoms with Crippen LogP contribution in [-0.2, 0) is 4.74 Å². The van der Waals surface area contributed by atoms with E-state index in [1.54, 1.807) is 0 Å². The van der Waals surface area contributed by atoms with Gasteiger partial charge in [0.05, 0.1) is 11.7 Å². The zero-order valence-electron chi connectivity index (χ0n) is 9.40. The Hall–Kier alpha value is -0.540. The van der Waals surface area contributed by atoms with Crippen LogP contribution in [-0.4, -0.2) is 48.4 Å². The lowest BCUT2D eigenvalue weighted by Gasteiger charge is -2.39. The number of rotatable bonds is 2. The van der Waals surface area contributed by atoms with Crippen LogP contribution < -0.4 is 5.32 Å². The Morgan fingerprint density at radius 3 is 2.11 bits per heavy atom. The van der Waals surface area contributed by atoms with Crippen molar-refractivity contribution in [2.75, 3.05) is 13.1 Å². The smallest absolute Gasteiger partial charge is 0.387 e. The zero-order chi connectivity index (χ0) is 14.2. The number of halogens is 6. The maximum atomic E-state index is 12.3. The lowest BCUT2D eigenvalue weighted by molar-refractivity contribution is -0.341. The molecule has 0 aliphatic carbocycles. The predicted molar refractivity (Wildman–Crippen MR) is 48.9 cm³/mol. The number of ether oxygens (including phenoxy) is 1. The van der Waals surface area contributed by atoms with Crippen molar-refractivity contribution in [3.63, 3.8) is 0 Å². The second-order valence-corrected chi connectivity index (χ2v) is 4.40. The van der Waals surface area contributed by atoms with Crippen LogP contribution in [0.15, 0.2) is 0 Å². The highest BCUT2D eigenvalue weighted by Gasteiger charge is 2.59. The van der Waals surface area contributed by atoms with Gasteiger partial charge in [0.25, 0.3) is 0 Å². The second kappa shape index (κ2) is 4.86. The first-order valence-corrected chi connectivity index (χ1v) is 5.16. The van der Waals surface area contributed by atoms with Crippen molar-refractivity contribution in [3.8, 4) is 0 Å². The molecule has 0 aromatic rings. The van der Waals surface area contributed by atoms with Crippen molar-refractivity contribution in [2.45, 2.75) is 43.5 Å². The lowest BCUT2D eigenvalue weighted by atomic mass is 9.91. The molecule has 0 saturated carbocycles. The molecular weight excluding hydrogens is 268 g/mol. The standard InChI is InChI=1S/C9H13F6NO2/c1-7(17)2-3-16-4-5(7)18-6(8(10,11)12)9(13,14)15/h5-6,16-17H,2-4H2,1H3. The summed E-state index contributed by atoms with van der Waals surface area (Å²) >= 11 is 0. The van der Waals surface area contributed by atoms with E-state index in [4.69, 9.17) is 0 Å². The van der Waals surface area contributed by atoms with E-state index in [0.717, 1.165) is 6.92 Å². The predicted octanol–water partition coefficient (Wildman–Crippen LogP) is 1.61. The number of hydrogen-bond donors (Lipinski definition) is 2. The quantitative estimate of drug-likeness (QED) is 0.756. The first kappa shape index (κ1) is 15.5. The fourth-order valence-corrected chi connectivity index (χ4v) is 1.65. The van der Waals surface area contributed by atoms with E-state index >= 15 is 0 Å². The third-order valence-corrected chi connectivity index (χ3v) is 2.73. The number of alkyl halides is 6. The largest absolute Gasteiger partial charge is 0.423 e. The Bertz CT molecular complexity index is 274. The van der Waals surface area contributed by atoms with Crippen LogP contribution in [0.4, 0.5) is 26.3 Å². The molecule has 0 amide bonds. The Morgan fingerprint density at radius 1 is 1.22 bits per heavy atom. The fourth-order valence-electron chi connectivity index (χ4n) is 1.65. The van der Waals surface area contributed by atoms with Gasteiger partial charge in [-0.1, -0.05) is 0 Å². The summed E-state index contributed by atoms with van der Waals surface area (Å²) < 4.78 is 77.7. The Kier molecular flexibility index (Phi) is 4.19. The van der Waals surface area contributed by atoms with E-state index in [0.29, 0.717) is 6.54 Å². The van der Waals surface area contributed by atoms with E-state index in [1.165, 1.54) is 0 Å². The highest BCUT2D eigenvalue weighted by atomic mass is 19.4. The number of nitrogens with one attached hydrogen (secondary N) is 1. The summed E-state index contributed by atoms with van der Waals surface area (Å²) in [6.07, 6.45) is -16.6. The first-order chi connectivity index (χ1) is 7.94. The zero-order valence-corrected chi connectivity index (χ0v) is 9.40. The lowest BCUT2D eigenvalue weighted by Crippen LogP contribution is -2.58. The van der Waals surface area contributed by atoms with E-state index in [2.05, 4.69) is 10.1 Å². The maximum Gasteiger partial charge on any atom is 0.423 e. The number of aliphatic hydroxyl groups is 1. The molecule has 9 heteroatoms. The van der Waals surface area contributed by atoms with E-state index in [1.807, 2.05) is 0 Å². The highest BCUT2D eigenvalue weighted by Crippen LogP contribution is 2.38. The van der Waals surface area contributed by atoms with Crippen molar-refractivity contribution in [1.82, 2.24) is 5.32 Å². The van der Waals surface area contributed by atoms with Gasteiger partial charge in [-0.2, -0.15) is 26.3 Å². The number of hydrogen-bond acceptors (Lipinski definition) is 3. The molecule has 1 aliphatic rings. The molecule has 1 heterocycles. The van der Waals surface area contributed by atoms with Crippen LogP contribution >= 0.6 is 0 Å². The van der Waals surface area contributed by atoms with Crippen LogP contribution in [0.5, 0.6) is 0 Å². The molecule has 1 fully saturated rings. The molecule has 1 saturated heterocycles. The summed E-state index contributed by atoms with van der Waals surface area (Å²) in [6.45, 7) is 1.19. The first-order valence-electron chi connectivity index (χ1n) is 5.16. The van der Waals surface area contributed by atoms with E-state index < -0.39 is 30.2 Å². The molecule has 0 aromatic carbocycles. The van der Waals surface area contributed by atoms with Gasteiger partial charge in [-0.3, -0.25) is 0 Å². The Balaban J connectivity index is 2.84. The molecular formula is C9H13F6NO2. The molecule has 108 valence electrons. The molecule has 1 rings (SSSR count). The molecule has 18 heavy (non-hydrogen) atoms. The van der Waals surface area contributed by atoms with Gasteiger partial charge in [0, 0.05) is 6.54 Å². The molecule has 2 unspecified atom stereocenters.